The van der Waals surface area contributed by atoms with Crippen LogP contribution in [0, 0.1) is 17.7 Å². The highest BCUT2D eigenvalue weighted by Crippen LogP contribution is 2.47. The van der Waals surface area contributed by atoms with Gasteiger partial charge in [0.05, 0.1) is 12.0 Å². The summed E-state index contributed by atoms with van der Waals surface area (Å²) in [4.78, 5) is 11.5. The predicted molar refractivity (Wildman–Crippen MR) is 69.8 cm³/mol. The number of hydrogen-bond acceptors (Lipinski definition) is 3. The lowest BCUT2D eigenvalue weighted by Gasteiger charge is -2.35. The van der Waals surface area contributed by atoms with Crippen LogP contribution in [-0.4, -0.2) is 12.3 Å². The van der Waals surface area contributed by atoms with E-state index in [1.807, 2.05) is 5.92 Å². The largest absolute Gasteiger partial charge is 0.456 e. The Balaban J connectivity index is 2.25. The fraction of sp³-hybridized carbons (Fsp3) is 0.133. The average Bonchev–Trinajstić information content (AvgIpc) is 2.97. The molecular weight excluding hydrogens is 318 g/mol. The third-order valence-corrected chi connectivity index (χ3v) is 3.13. The van der Waals surface area contributed by atoms with Crippen molar-refractivity contribution in [2.45, 2.75) is 11.8 Å². The molecule has 0 spiro atoms. The van der Waals surface area contributed by atoms with Gasteiger partial charge in [0.25, 0.3) is 5.60 Å². The fourth-order valence-electron chi connectivity index (χ4n) is 2.12. The Morgan fingerprint density at radius 1 is 1.22 bits per heavy atom. The number of halogens is 4. The molecule has 1 unspecified atom stereocenters. The van der Waals surface area contributed by atoms with E-state index in [4.69, 9.17) is 4.42 Å². The molecule has 0 fully saturated rings. The van der Waals surface area contributed by atoms with Crippen molar-refractivity contribution < 1.29 is 31.5 Å². The normalized spacial score (nSPS) is 19.9. The number of nitrogens with one attached hydrogen (secondary N) is 1. The molecule has 1 aromatic carbocycles. The standard InChI is InChI=1S/C15H7F4NO3/c16-9-3-4-12-11(8-9)14(15(17,18)19,23-13(21)20-12)6-5-10-2-1-7-22-10/h1-4,7-8H,(H,20,21). The van der Waals surface area contributed by atoms with Crippen LogP contribution in [0.5, 0.6) is 0 Å². The van der Waals surface area contributed by atoms with Gasteiger partial charge in [0, 0.05) is 5.56 Å². The second kappa shape index (κ2) is 5.05. The van der Waals surface area contributed by atoms with E-state index in [0.717, 1.165) is 12.1 Å². The van der Waals surface area contributed by atoms with Gasteiger partial charge in [-0.1, -0.05) is 0 Å². The second-order valence-corrected chi connectivity index (χ2v) is 4.61. The highest BCUT2D eigenvalue weighted by atomic mass is 19.4. The molecule has 1 amide bonds. The number of alkyl halides is 3. The number of ether oxygens (including phenoxy) is 1. The summed E-state index contributed by atoms with van der Waals surface area (Å²) in [6.07, 6.45) is -5.20. The molecule has 1 atom stereocenters. The van der Waals surface area contributed by atoms with E-state index in [2.05, 4.69) is 16.0 Å². The zero-order valence-corrected chi connectivity index (χ0v) is 11.2. The molecule has 8 heteroatoms. The average molecular weight is 325 g/mol. The van der Waals surface area contributed by atoms with Gasteiger partial charge in [-0.25, -0.2) is 9.18 Å². The summed E-state index contributed by atoms with van der Waals surface area (Å²) in [5, 5.41) is 2.09. The number of cyclic esters (lactones) is 1. The van der Waals surface area contributed by atoms with Crippen LogP contribution >= 0.6 is 0 Å². The maximum atomic E-state index is 13.6. The molecule has 23 heavy (non-hydrogen) atoms. The predicted octanol–water partition coefficient (Wildman–Crippen LogP) is 3.79. The van der Waals surface area contributed by atoms with Crippen molar-refractivity contribution in [3.05, 3.63) is 53.7 Å². The number of benzene rings is 1. The van der Waals surface area contributed by atoms with Gasteiger partial charge in [-0.3, -0.25) is 5.32 Å². The smallest absolute Gasteiger partial charge is 0.445 e. The van der Waals surface area contributed by atoms with E-state index in [-0.39, 0.29) is 11.4 Å². The lowest BCUT2D eigenvalue weighted by atomic mass is 9.90. The van der Waals surface area contributed by atoms with Crippen molar-refractivity contribution in [1.82, 2.24) is 0 Å². The molecule has 3 rings (SSSR count). The van der Waals surface area contributed by atoms with Gasteiger partial charge >= 0.3 is 12.3 Å². The van der Waals surface area contributed by atoms with Gasteiger partial charge in [0.2, 0.25) is 0 Å². The molecule has 2 heterocycles. The van der Waals surface area contributed by atoms with Crippen molar-refractivity contribution in [1.29, 1.82) is 0 Å². The van der Waals surface area contributed by atoms with Crippen LogP contribution in [0.25, 0.3) is 0 Å². The molecule has 0 saturated carbocycles. The van der Waals surface area contributed by atoms with Crippen LogP contribution in [0.2, 0.25) is 0 Å². The number of hydrogen-bond donors (Lipinski definition) is 1. The molecule has 1 N–H and O–H groups in total. The maximum Gasteiger partial charge on any atom is 0.445 e. The van der Waals surface area contributed by atoms with Gasteiger partial charge in [-0.15, -0.1) is 0 Å². The van der Waals surface area contributed by atoms with Crippen molar-refractivity contribution in [2.24, 2.45) is 0 Å². The molecule has 0 saturated heterocycles. The van der Waals surface area contributed by atoms with Crippen LogP contribution in [0.1, 0.15) is 11.3 Å². The van der Waals surface area contributed by atoms with Gasteiger partial charge < -0.3 is 9.15 Å². The van der Waals surface area contributed by atoms with Crippen LogP contribution in [0.4, 0.5) is 28.0 Å². The summed E-state index contributed by atoms with van der Waals surface area (Å²) in [6.45, 7) is 0. The molecule has 0 bridgehead atoms. The molecule has 0 aliphatic carbocycles. The summed E-state index contributed by atoms with van der Waals surface area (Å²) in [6, 6.07) is 5.34. The minimum atomic E-state index is -5.09. The Morgan fingerprint density at radius 3 is 2.65 bits per heavy atom. The third kappa shape index (κ3) is 2.50. The number of rotatable bonds is 0. The van der Waals surface area contributed by atoms with E-state index in [1.54, 1.807) is 0 Å². The van der Waals surface area contributed by atoms with Crippen LogP contribution in [0.15, 0.2) is 41.0 Å². The Morgan fingerprint density at radius 2 is 2.00 bits per heavy atom. The summed E-state index contributed by atoms with van der Waals surface area (Å²) in [7, 11) is 0. The molecule has 0 radical (unpaired) electrons. The molecule has 1 aliphatic heterocycles. The third-order valence-electron chi connectivity index (χ3n) is 3.13. The van der Waals surface area contributed by atoms with Crippen molar-refractivity contribution >= 4 is 11.8 Å². The van der Waals surface area contributed by atoms with E-state index < -0.39 is 29.3 Å². The maximum absolute atomic E-state index is 13.6. The SMILES string of the molecule is O=C1Nc2ccc(F)cc2C(C#Cc2ccco2)(C(F)(F)F)O1. The number of anilines is 1. The summed E-state index contributed by atoms with van der Waals surface area (Å²) >= 11 is 0. The van der Waals surface area contributed by atoms with Crippen molar-refractivity contribution in [3.8, 4) is 11.8 Å². The zero-order valence-electron chi connectivity index (χ0n) is 11.2. The Hall–Kier alpha value is -2.95. The Kier molecular flexibility index (Phi) is 3.29. The highest BCUT2D eigenvalue weighted by molar-refractivity contribution is 5.89. The zero-order chi connectivity index (χ0) is 16.7. The van der Waals surface area contributed by atoms with E-state index in [0.29, 0.717) is 6.07 Å². The van der Waals surface area contributed by atoms with Crippen LogP contribution in [-0.2, 0) is 10.3 Å². The second-order valence-electron chi connectivity index (χ2n) is 4.61. The first-order chi connectivity index (χ1) is 10.8. The summed E-state index contributed by atoms with van der Waals surface area (Å²) in [5.74, 6) is 3.06. The number of carbonyl (C=O) groups excluding carboxylic acids is 1. The first-order valence-electron chi connectivity index (χ1n) is 6.25. The van der Waals surface area contributed by atoms with Gasteiger partial charge in [-0.2, -0.15) is 13.2 Å². The monoisotopic (exact) mass is 325 g/mol. The molecule has 2 aromatic rings. The Labute approximate surface area is 127 Å². The topological polar surface area (TPSA) is 51.5 Å². The number of carbonyl (C=O) groups is 1. The fourth-order valence-corrected chi connectivity index (χ4v) is 2.12. The quantitative estimate of drug-likeness (QED) is 0.592. The molecule has 118 valence electrons. The van der Waals surface area contributed by atoms with Gasteiger partial charge in [0.15, 0.2) is 5.76 Å². The van der Waals surface area contributed by atoms with E-state index in [9.17, 15) is 22.4 Å². The number of fused-ring (bicyclic) bond motifs is 1. The van der Waals surface area contributed by atoms with Gasteiger partial charge in [0.1, 0.15) is 5.82 Å². The summed E-state index contributed by atoms with van der Waals surface area (Å²) in [5.41, 5.74) is -4.16. The molecule has 4 nitrogen and oxygen atoms in total. The minimum Gasteiger partial charge on any atom is -0.456 e. The number of furan rings is 1. The lowest BCUT2D eigenvalue weighted by Crippen LogP contribution is -2.49. The first kappa shape index (κ1) is 15.0. The lowest BCUT2D eigenvalue weighted by molar-refractivity contribution is -0.239. The van der Waals surface area contributed by atoms with Gasteiger partial charge in [-0.05, 0) is 42.2 Å². The van der Waals surface area contributed by atoms with Crippen molar-refractivity contribution in [2.75, 3.05) is 5.32 Å². The minimum absolute atomic E-state index is 0.0545. The van der Waals surface area contributed by atoms with E-state index in [1.165, 1.54) is 18.4 Å². The number of amides is 1. The Bertz CT molecular complexity index is 817. The summed E-state index contributed by atoms with van der Waals surface area (Å²) < 4.78 is 63.7. The molecular formula is C15H7F4NO3. The van der Waals surface area contributed by atoms with Crippen LogP contribution < -0.4 is 5.32 Å². The molecule has 1 aliphatic rings. The highest BCUT2D eigenvalue weighted by Gasteiger charge is 2.62. The van der Waals surface area contributed by atoms with Crippen LogP contribution in [0.3, 0.4) is 0 Å². The van der Waals surface area contributed by atoms with E-state index >= 15 is 0 Å². The first-order valence-corrected chi connectivity index (χ1v) is 6.25. The van der Waals surface area contributed by atoms with Crippen molar-refractivity contribution in [3.63, 3.8) is 0 Å². The molecule has 1 aromatic heterocycles.